The van der Waals surface area contributed by atoms with Gasteiger partial charge in [0, 0.05) is 5.33 Å². The number of carbonyl (C=O) groups excluding carboxylic acids is 1. The standard InChI is InChI=1S/C12H10BrF2NO3/c1-2-18-11(17)10-8(5-13)7(6-16)3-4-9(10)19-12(14)15/h3-4,12H,2,5H2,1H3. The Morgan fingerprint density at radius 1 is 1.53 bits per heavy atom. The summed E-state index contributed by atoms with van der Waals surface area (Å²) in [6, 6.07) is 4.36. The van der Waals surface area contributed by atoms with Crippen LogP contribution in [0.1, 0.15) is 28.4 Å². The van der Waals surface area contributed by atoms with Crippen molar-refractivity contribution in [1.82, 2.24) is 0 Å². The molecule has 4 nitrogen and oxygen atoms in total. The van der Waals surface area contributed by atoms with Gasteiger partial charge in [-0.15, -0.1) is 0 Å². The average molecular weight is 334 g/mol. The first kappa shape index (κ1) is 15.4. The summed E-state index contributed by atoms with van der Waals surface area (Å²) in [7, 11) is 0. The molecule has 1 rings (SSSR count). The summed E-state index contributed by atoms with van der Waals surface area (Å²) in [4.78, 5) is 11.8. The Morgan fingerprint density at radius 3 is 2.68 bits per heavy atom. The van der Waals surface area contributed by atoms with E-state index in [9.17, 15) is 13.6 Å². The molecule has 0 spiro atoms. The number of carbonyl (C=O) groups is 1. The van der Waals surface area contributed by atoms with Gasteiger partial charge >= 0.3 is 12.6 Å². The van der Waals surface area contributed by atoms with E-state index < -0.39 is 12.6 Å². The number of hydrogen-bond acceptors (Lipinski definition) is 4. The van der Waals surface area contributed by atoms with E-state index in [0.717, 1.165) is 6.07 Å². The first-order valence-corrected chi connectivity index (χ1v) is 6.41. The van der Waals surface area contributed by atoms with Gasteiger partial charge in [0.05, 0.1) is 18.2 Å². The highest BCUT2D eigenvalue weighted by Crippen LogP contribution is 2.29. The Labute approximate surface area is 117 Å². The van der Waals surface area contributed by atoms with E-state index in [0.29, 0.717) is 0 Å². The topological polar surface area (TPSA) is 59.3 Å². The number of alkyl halides is 3. The summed E-state index contributed by atoms with van der Waals surface area (Å²) >= 11 is 3.12. The summed E-state index contributed by atoms with van der Waals surface area (Å²) < 4.78 is 33.7. The van der Waals surface area contributed by atoms with Crippen LogP contribution in [-0.4, -0.2) is 19.2 Å². The van der Waals surface area contributed by atoms with Gasteiger partial charge in [-0.1, -0.05) is 15.9 Å². The molecule has 1 aromatic rings. The highest BCUT2D eigenvalue weighted by molar-refractivity contribution is 9.08. The SMILES string of the molecule is CCOC(=O)c1c(OC(F)F)ccc(C#N)c1CBr. The minimum atomic E-state index is -3.07. The molecule has 0 aliphatic carbocycles. The molecule has 0 saturated heterocycles. The maximum absolute atomic E-state index is 12.3. The van der Waals surface area contributed by atoms with Gasteiger partial charge < -0.3 is 9.47 Å². The van der Waals surface area contributed by atoms with Crippen LogP contribution in [0.2, 0.25) is 0 Å². The monoisotopic (exact) mass is 333 g/mol. The van der Waals surface area contributed by atoms with Gasteiger partial charge in [0.25, 0.3) is 0 Å². The lowest BCUT2D eigenvalue weighted by Crippen LogP contribution is -2.13. The van der Waals surface area contributed by atoms with E-state index in [2.05, 4.69) is 20.7 Å². The van der Waals surface area contributed by atoms with Crippen LogP contribution >= 0.6 is 15.9 Å². The van der Waals surface area contributed by atoms with Crippen LogP contribution in [-0.2, 0) is 10.1 Å². The van der Waals surface area contributed by atoms with Crippen molar-refractivity contribution in [1.29, 1.82) is 5.26 Å². The lowest BCUT2D eigenvalue weighted by Gasteiger charge is -2.14. The zero-order valence-corrected chi connectivity index (χ0v) is 11.5. The van der Waals surface area contributed by atoms with Gasteiger partial charge in [-0.3, -0.25) is 0 Å². The van der Waals surface area contributed by atoms with E-state index in [1.165, 1.54) is 6.07 Å². The Hall–Kier alpha value is -1.68. The fourth-order valence-electron chi connectivity index (χ4n) is 1.49. The van der Waals surface area contributed by atoms with Crippen molar-refractivity contribution in [3.05, 3.63) is 28.8 Å². The highest BCUT2D eigenvalue weighted by atomic mass is 79.9. The van der Waals surface area contributed by atoms with Crippen LogP contribution in [0.3, 0.4) is 0 Å². The zero-order valence-electron chi connectivity index (χ0n) is 9.95. The van der Waals surface area contributed by atoms with E-state index in [1.807, 2.05) is 6.07 Å². The first-order valence-electron chi connectivity index (χ1n) is 5.29. The first-order chi connectivity index (χ1) is 9.04. The van der Waals surface area contributed by atoms with Gasteiger partial charge in [0.15, 0.2) is 0 Å². The van der Waals surface area contributed by atoms with Crippen molar-refractivity contribution in [3.8, 4) is 11.8 Å². The van der Waals surface area contributed by atoms with E-state index in [1.54, 1.807) is 6.92 Å². The molecule has 7 heteroatoms. The number of esters is 1. The molecule has 0 amide bonds. The summed E-state index contributed by atoms with van der Waals surface area (Å²) in [6.07, 6.45) is 0. The maximum Gasteiger partial charge on any atom is 0.387 e. The number of hydrogen-bond donors (Lipinski definition) is 0. The summed E-state index contributed by atoms with van der Waals surface area (Å²) in [5, 5.41) is 9.09. The molecule has 0 N–H and O–H groups in total. The van der Waals surface area contributed by atoms with Crippen molar-refractivity contribution in [2.45, 2.75) is 18.9 Å². The largest absolute Gasteiger partial charge is 0.462 e. The summed E-state index contributed by atoms with van der Waals surface area (Å²) in [5.41, 5.74) is 0.304. The molecule has 0 aliphatic heterocycles. The lowest BCUT2D eigenvalue weighted by atomic mass is 10.0. The fraction of sp³-hybridized carbons (Fsp3) is 0.333. The fourth-order valence-corrected chi connectivity index (χ4v) is 2.07. The van der Waals surface area contributed by atoms with Crippen LogP contribution in [0.25, 0.3) is 0 Å². The molecule has 0 aromatic heterocycles. The summed E-state index contributed by atoms with van der Waals surface area (Å²) in [5.74, 6) is -1.10. The molecule has 0 atom stereocenters. The predicted molar refractivity (Wildman–Crippen MR) is 66.4 cm³/mol. The highest BCUT2D eigenvalue weighted by Gasteiger charge is 2.23. The van der Waals surface area contributed by atoms with Crippen LogP contribution < -0.4 is 4.74 Å². The van der Waals surface area contributed by atoms with Crippen LogP contribution in [0, 0.1) is 11.3 Å². The predicted octanol–water partition coefficient (Wildman–Crippen LogP) is 3.23. The van der Waals surface area contributed by atoms with Gasteiger partial charge in [0.2, 0.25) is 0 Å². The van der Waals surface area contributed by atoms with Crippen LogP contribution in [0.4, 0.5) is 8.78 Å². The van der Waals surface area contributed by atoms with Crippen LogP contribution in [0.5, 0.6) is 5.75 Å². The minimum Gasteiger partial charge on any atom is -0.462 e. The molecule has 0 aliphatic rings. The second kappa shape index (κ2) is 7.04. The normalized spacial score (nSPS) is 10.1. The number of nitrogens with zero attached hydrogens (tertiary/aromatic N) is 1. The molecule has 0 heterocycles. The number of benzene rings is 1. The second-order valence-electron chi connectivity index (χ2n) is 3.31. The molecule has 0 radical (unpaired) electrons. The van der Waals surface area contributed by atoms with Gasteiger partial charge in [-0.05, 0) is 24.6 Å². The molecule has 0 bridgehead atoms. The van der Waals surface area contributed by atoms with Crippen LogP contribution in [0.15, 0.2) is 12.1 Å². The number of halogens is 3. The molecule has 19 heavy (non-hydrogen) atoms. The molecule has 1 aromatic carbocycles. The number of ether oxygens (including phenoxy) is 2. The van der Waals surface area contributed by atoms with E-state index >= 15 is 0 Å². The van der Waals surface area contributed by atoms with E-state index in [4.69, 9.17) is 10.00 Å². The zero-order chi connectivity index (χ0) is 14.4. The lowest BCUT2D eigenvalue weighted by molar-refractivity contribution is -0.0504. The third-order valence-corrected chi connectivity index (χ3v) is 2.79. The van der Waals surface area contributed by atoms with Crippen molar-refractivity contribution in [3.63, 3.8) is 0 Å². The third kappa shape index (κ3) is 3.64. The molecular weight excluding hydrogens is 324 g/mol. The third-order valence-electron chi connectivity index (χ3n) is 2.22. The average Bonchev–Trinajstić information content (AvgIpc) is 2.37. The molecular formula is C12H10BrF2NO3. The smallest absolute Gasteiger partial charge is 0.387 e. The quantitative estimate of drug-likeness (QED) is 0.613. The Bertz CT molecular complexity index is 514. The minimum absolute atomic E-state index is 0.0887. The van der Waals surface area contributed by atoms with Crippen molar-refractivity contribution in [2.24, 2.45) is 0 Å². The maximum atomic E-state index is 12.3. The van der Waals surface area contributed by atoms with Crippen molar-refractivity contribution >= 4 is 21.9 Å². The van der Waals surface area contributed by atoms with Gasteiger partial charge in [-0.2, -0.15) is 14.0 Å². The van der Waals surface area contributed by atoms with Gasteiger partial charge in [-0.25, -0.2) is 4.79 Å². The Balaban J connectivity index is 3.40. The molecule has 0 fully saturated rings. The van der Waals surface area contributed by atoms with Crippen molar-refractivity contribution in [2.75, 3.05) is 6.61 Å². The Morgan fingerprint density at radius 2 is 2.21 bits per heavy atom. The molecule has 0 unspecified atom stereocenters. The Kier molecular flexibility index (Phi) is 5.70. The number of nitriles is 1. The van der Waals surface area contributed by atoms with E-state index in [-0.39, 0.29) is 34.4 Å². The molecule has 0 saturated carbocycles. The molecule has 102 valence electrons. The second-order valence-corrected chi connectivity index (χ2v) is 3.87. The number of rotatable bonds is 5. The summed E-state index contributed by atoms with van der Waals surface area (Å²) in [6.45, 7) is -1.39. The van der Waals surface area contributed by atoms with Crippen molar-refractivity contribution < 1.29 is 23.0 Å². The van der Waals surface area contributed by atoms with Gasteiger partial charge in [0.1, 0.15) is 11.3 Å².